The molecule has 0 bridgehead atoms. The summed E-state index contributed by atoms with van der Waals surface area (Å²) >= 11 is 0. The number of urea groups is 1. The van der Waals surface area contributed by atoms with Gasteiger partial charge in [0.15, 0.2) is 0 Å². The van der Waals surface area contributed by atoms with Gasteiger partial charge in [-0.05, 0) is 44.2 Å². The van der Waals surface area contributed by atoms with Crippen molar-refractivity contribution in [2.24, 2.45) is 0 Å². The summed E-state index contributed by atoms with van der Waals surface area (Å²) in [6.45, 7) is 7.11. The number of hydrogen-bond acceptors (Lipinski definition) is 4. The summed E-state index contributed by atoms with van der Waals surface area (Å²) in [5.74, 6) is 0.992. The van der Waals surface area contributed by atoms with Crippen molar-refractivity contribution in [1.29, 1.82) is 0 Å². The molecule has 2 heterocycles. The monoisotopic (exact) mass is 365 g/mol. The van der Waals surface area contributed by atoms with Gasteiger partial charge in [0.2, 0.25) is 0 Å². The van der Waals surface area contributed by atoms with Crippen molar-refractivity contribution in [2.45, 2.75) is 39.2 Å². The molecule has 1 aromatic heterocycles. The highest BCUT2D eigenvalue weighted by molar-refractivity contribution is 5.75. The molecule has 0 unspecified atom stereocenters. The molecular formula is C21H27N5O. The lowest BCUT2D eigenvalue weighted by Gasteiger charge is -2.37. The molecule has 1 N–H and O–H groups in total. The molecule has 142 valence electrons. The Kier molecular flexibility index (Phi) is 4.97. The average molecular weight is 365 g/mol. The summed E-state index contributed by atoms with van der Waals surface area (Å²) in [6.07, 6.45) is 4.61. The fourth-order valence-electron chi connectivity index (χ4n) is 4.05. The molecule has 2 aliphatic rings. The van der Waals surface area contributed by atoms with E-state index in [1.165, 1.54) is 11.1 Å². The van der Waals surface area contributed by atoms with E-state index in [2.05, 4.69) is 51.4 Å². The fourth-order valence-corrected chi connectivity index (χ4v) is 4.05. The highest BCUT2D eigenvalue weighted by Crippen LogP contribution is 2.22. The lowest BCUT2D eigenvalue weighted by atomic mass is 9.88. The maximum absolute atomic E-state index is 12.7. The summed E-state index contributed by atoms with van der Waals surface area (Å²) in [5.41, 5.74) is 4.93. The number of aryl methyl sites for hydroxylation is 2. The van der Waals surface area contributed by atoms with Gasteiger partial charge in [-0.25, -0.2) is 14.8 Å². The topological polar surface area (TPSA) is 61.4 Å². The van der Waals surface area contributed by atoms with Gasteiger partial charge in [-0.15, -0.1) is 0 Å². The van der Waals surface area contributed by atoms with Crippen LogP contribution >= 0.6 is 0 Å². The normalized spacial score (nSPS) is 19.6. The number of benzene rings is 1. The molecule has 0 saturated carbocycles. The lowest BCUT2D eigenvalue weighted by molar-refractivity contribution is 0.189. The van der Waals surface area contributed by atoms with Gasteiger partial charge in [0.25, 0.3) is 0 Å². The summed E-state index contributed by atoms with van der Waals surface area (Å²) in [4.78, 5) is 25.6. The van der Waals surface area contributed by atoms with Crippen molar-refractivity contribution < 1.29 is 4.79 Å². The van der Waals surface area contributed by atoms with Crippen molar-refractivity contribution in [3.8, 4) is 0 Å². The van der Waals surface area contributed by atoms with Gasteiger partial charge in [0.05, 0.1) is 0 Å². The van der Waals surface area contributed by atoms with Crippen molar-refractivity contribution in [3.05, 3.63) is 53.0 Å². The van der Waals surface area contributed by atoms with Crippen LogP contribution in [-0.2, 0) is 12.8 Å². The SMILES string of the molecule is Cc1ncnc(N2CCN(C(=O)N[C@H]3CCc4ccccc4C3)CC2)c1C. The number of aromatic nitrogens is 2. The van der Waals surface area contributed by atoms with Gasteiger partial charge in [0.1, 0.15) is 12.1 Å². The maximum atomic E-state index is 12.7. The van der Waals surface area contributed by atoms with Crippen molar-refractivity contribution in [3.63, 3.8) is 0 Å². The van der Waals surface area contributed by atoms with Gasteiger partial charge < -0.3 is 15.1 Å². The van der Waals surface area contributed by atoms with Gasteiger partial charge in [-0.1, -0.05) is 24.3 Å². The van der Waals surface area contributed by atoms with E-state index in [1.54, 1.807) is 6.33 Å². The number of carbonyl (C=O) groups is 1. The molecule has 0 radical (unpaired) electrons. The molecule has 1 fully saturated rings. The third kappa shape index (κ3) is 3.75. The Labute approximate surface area is 160 Å². The largest absolute Gasteiger partial charge is 0.353 e. The number of rotatable bonds is 2. The third-order valence-electron chi connectivity index (χ3n) is 5.85. The molecule has 1 aliphatic heterocycles. The lowest BCUT2D eigenvalue weighted by Crippen LogP contribution is -2.54. The van der Waals surface area contributed by atoms with Crippen LogP contribution in [-0.4, -0.2) is 53.1 Å². The Morgan fingerprint density at radius 2 is 1.81 bits per heavy atom. The van der Waals surface area contributed by atoms with Crippen LogP contribution in [0.25, 0.3) is 0 Å². The van der Waals surface area contributed by atoms with E-state index in [1.807, 2.05) is 11.8 Å². The van der Waals surface area contributed by atoms with Gasteiger partial charge >= 0.3 is 6.03 Å². The highest BCUT2D eigenvalue weighted by Gasteiger charge is 2.26. The number of hydrogen-bond donors (Lipinski definition) is 1. The summed E-state index contributed by atoms with van der Waals surface area (Å²) in [7, 11) is 0. The van der Waals surface area contributed by atoms with E-state index in [9.17, 15) is 4.79 Å². The van der Waals surface area contributed by atoms with E-state index in [-0.39, 0.29) is 12.1 Å². The number of amides is 2. The number of fused-ring (bicyclic) bond motifs is 1. The number of piperazine rings is 1. The van der Waals surface area contributed by atoms with Crippen LogP contribution in [0.1, 0.15) is 28.8 Å². The van der Waals surface area contributed by atoms with Crippen LogP contribution < -0.4 is 10.2 Å². The summed E-state index contributed by atoms with van der Waals surface area (Å²) < 4.78 is 0. The predicted molar refractivity (Wildman–Crippen MR) is 106 cm³/mol. The van der Waals surface area contributed by atoms with Crippen molar-refractivity contribution in [2.75, 3.05) is 31.1 Å². The number of nitrogens with zero attached hydrogens (tertiary/aromatic N) is 4. The Morgan fingerprint density at radius 1 is 1.07 bits per heavy atom. The molecular weight excluding hydrogens is 338 g/mol. The minimum Gasteiger partial charge on any atom is -0.353 e. The minimum absolute atomic E-state index is 0.0645. The van der Waals surface area contributed by atoms with E-state index in [4.69, 9.17) is 0 Å². The second-order valence-electron chi connectivity index (χ2n) is 7.54. The first kappa shape index (κ1) is 17.8. The Bertz CT molecular complexity index is 829. The zero-order valence-corrected chi connectivity index (χ0v) is 16.1. The molecule has 27 heavy (non-hydrogen) atoms. The molecule has 1 saturated heterocycles. The van der Waals surface area contributed by atoms with Crippen LogP contribution in [0.3, 0.4) is 0 Å². The molecule has 2 amide bonds. The highest BCUT2D eigenvalue weighted by atomic mass is 16.2. The first-order valence-electron chi connectivity index (χ1n) is 9.77. The maximum Gasteiger partial charge on any atom is 0.317 e. The Balaban J connectivity index is 1.32. The van der Waals surface area contributed by atoms with Crippen LogP contribution in [0.15, 0.2) is 30.6 Å². The second-order valence-corrected chi connectivity index (χ2v) is 7.54. The van der Waals surface area contributed by atoms with Crippen LogP contribution in [0.2, 0.25) is 0 Å². The Hall–Kier alpha value is -2.63. The predicted octanol–water partition coefficient (Wildman–Crippen LogP) is 2.48. The number of nitrogens with one attached hydrogen (secondary N) is 1. The molecule has 1 aromatic carbocycles. The number of anilines is 1. The van der Waals surface area contributed by atoms with E-state index in [0.717, 1.165) is 62.5 Å². The first-order chi connectivity index (χ1) is 13.1. The van der Waals surface area contributed by atoms with E-state index < -0.39 is 0 Å². The quantitative estimate of drug-likeness (QED) is 0.888. The molecule has 6 heteroatoms. The van der Waals surface area contributed by atoms with Crippen LogP contribution in [0, 0.1) is 13.8 Å². The smallest absolute Gasteiger partial charge is 0.317 e. The zero-order valence-electron chi connectivity index (χ0n) is 16.1. The summed E-state index contributed by atoms with van der Waals surface area (Å²) in [6, 6.07) is 8.85. The van der Waals surface area contributed by atoms with Gasteiger partial charge in [-0.2, -0.15) is 0 Å². The first-order valence-corrected chi connectivity index (χ1v) is 9.77. The molecule has 1 aliphatic carbocycles. The molecule has 6 nitrogen and oxygen atoms in total. The van der Waals surface area contributed by atoms with E-state index >= 15 is 0 Å². The van der Waals surface area contributed by atoms with E-state index in [0.29, 0.717) is 0 Å². The third-order valence-corrected chi connectivity index (χ3v) is 5.85. The standard InChI is InChI=1S/C21H27N5O/c1-15-16(2)22-14-23-20(15)25-9-11-26(12-10-25)21(27)24-19-8-7-17-5-3-4-6-18(17)13-19/h3-6,14,19H,7-13H2,1-2H3,(H,24,27)/t19-/m0/s1. The zero-order chi connectivity index (χ0) is 18.8. The minimum atomic E-state index is 0.0645. The molecule has 0 spiro atoms. The molecule has 4 rings (SSSR count). The van der Waals surface area contributed by atoms with Gasteiger partial charge in [-0.3, -0.25) is 0 Å². The van der Waals surface area contributed by atoms with Gasteiger partial charge in [0, 0.05) is 43.5 Å². The second kappa shape index (κ2) is 7.55. The fraction of sp³-hybridized carbons (Fsp3) is 0.476. The molecule has 2 aromatic rings. The molecule has 1 atom stereocenters. The average Bonchev–Trinajstić information content (AvgIpc) is 2.70. The van der Waals surface area contributed by atoms with Crippen molar-refractivity contribution in [1.82, 2.24) is 20.2 Å². The van der Waals surface area contributed by atoms with Crippen molar-refractivity contribution >= 4 is 11.8 Å². The van der Waals surface area contributed by atoms with Crippen LogP contribution in [0.4, 0.5) is 10.6 Å². The summed E-state index contributed by atoms with van der Waals surface area (Å²) in [5, 5.41) is 3.25. The van der Waals surface area contributed by atoms with Crippen LogP contribution in [0.5, 0.6) is 0 Å². The Morgan fingerprint density at radius 3 is 2.59 bits per heavy atom. The number of carbonyl (C=O) groups excluding carboxylic acids is 1.